The first-order chi connectivity index (χ1) is 11.5. The zero-order valence-corrected chi connectivity index (χ0v) is 14.4. The molecule has 0 aliphatic heterocycles. The fraction of sp³-hybridized carbons (Fsp3) is 0.222. The van der Waals surface area contributed by atoms with Gasteiger partial charge in [-0.2, -0.15) is 0 Å². The fourth-order valence-electron chi connectivity index (χ4n) is 2.23. The van der Waals surface area contributed by atoms with Crippen LogP contribution in [0, 0.1) is 0 Å². The van der Waals surface area contributed by atoms with Gasteiger partial charge in [-0.15, -0.1) is 0 Å². The van der Waals surface area contributed by atoms with Crippen molar-refractivity contribution in [3.8, 4) is 0 Å². The van der Waals surface area contributed by atoms with Gasteiger partial charge in [-0.25, -0.2) is 4.79 Å². The molecule has 0 aromatic heterocycles. The van der Waals surface area contributed by atoms with Crippen molar-refractivity contribution in [2.75, 3.05) is 18.2 Å². The van der Waals surface area contributed by atoms with Gasteiger partial charge < -0.3 is 10.1 Å². The topological polar surface area (TPSA) is 72.5 Å². The van der Waals surface area contributed by atoms with Gasteiger partial charge in [0, 0.05) is 11.9 Å². The van der Waals surface area contributed by atoms with Crippen LogP contribution in [0.3, 0.4) is 0 Å². The van der Waals surface area contributed by atoms with Crippen LogP contribution in [0.2, 0.25) is 0 Å². The van der Waals surface area contributed by atoms with Gasteiger partial charge in [0.05, 0.1) is 21.3 Å². The Morgan fingerprint density at radius 2 is 1.75 bits per heavy atom. The number of esters is 1. The number of benzene rings is 2. The Labute approximate surface area is 143 Å². The summed E-state index contributed by atoms with van der Waals surface area (Å²) in [6.45, 7) is 1.59. The van der Waals surface area contributed by atoms with Crippen molar-refractivity contribution in [1.29, 1.82) is 0 Å². The van der Waals surface area contributed by atoms with Crippen LogP contribution < -0.4 is 5.32 Å². The number of ether oxygens (including phenoxy) is 1. The summed E-state index contributed by atoms with van der Waals surface area (Å²) in [6.07, 6.45) is 2.27. The zero-order valence-electron chi connectivity index (χ0n) is 13.6. The molecule has 1 atom stereocenters. The number of aryl methyl sites for hydroxylation is 1. The van der Waals surface area contributed by atoms with E-state index in [1.54, 1.807) is 24.3 Å². The molecule has 2 aromatic rings. The van der Waals surface area contributed by atoms with E-state index in [4.69, 9.17) is 4.74 Å². The van der Waals surface area contributed by atoms with E-state index in [0.717, 1.165) is 12.0 Å². The van der Waals surface area contributed by atoms with Crippen LogP contribution in [0.25, 0.3) is 0 Å². The summed E-state index contributed by atoms with van der Waals surface area (Å²) in [5.74, 6) is -1.08. The highest BCUT2D eigenvalue weighted by Crippen LogP contribution is 2.16. The van der Waals surface area contributed by atoms with Gasteiger partial charge in [0.15, 0.2) is 6.61 Å². The molecule has 0 saturated heterocycles. The number of nitrogens with one attached hydrogen (secondary N) is 1. The molecule has 0 radical (unpaired) electrons. The Bertz CT molecular complexity index is 773. The lowest BCUT2D eigenvalue weighted by Gasteiger charge is -2.11. The van der Waals surface area contributed by atoms with Crippen LogP contribution in [0.15, 0.2) is 53.4 Å². The van der Waals surface area contributed by atoms with Crippen molar-refractivity contribution in [3.63, 3.8) is 0 Å². The lowest BCUT2D eigenvalue weighted by Crippen LogP contribution is -2.22. The second kappa shape index (κ2) is 8.40. The molecule has 0 spiro atoms. The number of carbonyl (C=O) groups excluding carboxylic acids is 2. The molecule has 0 aliphatic rings. The average molecular weight is 345 g/mol. The molecule has 0 heterocycles. The standard InChI is InChI=1S/C18H19NO4S/c1-3-13-8-4-6-10-15(13)19-17(20)12-23-18(21)14-9-5-7-11-16(14)24(2)22/h4-11H,3,12H2,1-2H3,(H,19,20)/t24-/m0/s1. The largest absolute Gasteiger partial charge is 0.452 e. The lowest BCUT2D eigenvalue weighted by molar-refractivity contribution is -0.119. The van der Waals surface area contributed by atoms with Crippen LogP contribution in [-0.4, -0.2) is 28.9 Å². The van der Waals surface area contributed by atoms with Gasteiger partial charge in [-0.3, -0.25) is 9.00 Å². The lowest BCUT2D eigenvalue weighted by atomic mass is 10.1. The first kappa shape index (κ1) is 17.9. The third-order valence-corrected chi connectivity index (χ3v) is 4.40. The van der Waals surface area contributed by atoms with E-state index < -0.39 is 29.3 Å². The highest BCUT2D eigenvalue weighted by molar-refractivity contribution is 7.84. The second-order valence-corrected chi connectivity index (χ2v) is 6.43. The number of carbonyl (C=O) groups is 2. The first-order valence-electron chi connectivity index (χ1n) is 7.50. The normalized spacial score (nSPS) is 11.6. The number of hydrogen-bond donors (Lipinski definition) is 1. The minimum Gasteiger partial charge on any atom is -0.452 e. The molecule has 0 bridgehead atoms. The average Bonchev–Trinajstić information content (AvgIpc) is 2.60. The highest BCUT2D eigenvalue weighted by atomic mass is 32.2. The smallest absolute Gasteiger partial charge is 0.339 e. The maximum Gasteiger partial charge on any atom is 0.339 e. The number of amides is 1. The Kier molecular flexibility index (Phi) is 6.26. The summed E-state index contributed by atoms with van der Waals surface area (Å²) in [7, 11) is -1.31. The molecule has 5 nitrogen and oxygen atoms in total. The summed E-state index contributed by atoms with van der Waals surface area (Å²) >= 11 is 0. The van der Waals surface area contributed by atoms with E-state index in [-0.39, 0.29) is 5.56 Å². The molecule has 24 heavy (non-hydrogen) atoms. The van der Waals surface area contributed by atoms with Crippen LogP contribution in [0.1, 0.15) is 22.8 Å². The monoisotopic (exact) mass is 345 g/mol. The molecule has 126 valence electrons. The van der Waals surface area contributed by atoms with Crippen molar-refractivity contribution >= 4 is 28.4 Å². The van der Waals surface area contributed by atoms with Crippen molar-refractivity contribution < 1.29 is 18.5 Å². The van der Waals surface area contributed by atoms with Crippen molar-refractivity contribution in [1.82, 2.24) is 0 Å². The number of anilines is 1. The van der Waals surface area contributed by atoms with Crippen molar-refractivity contribution in [2.24, 2.45) is 0 Å². The number of hydrogen-bond acceptors (Lipinski definition) is 4. The van der Waals surface area contributed by atoms with Crippen LogP contribution in [-0.2, 0) is 26.8 Å². The summed E-state index contributed by atoms with van der Waals surface area (Å²) < 4.78 is 16.7. The van der Waals surface area contributed by atoms with Gasteiger partial charge in [0.25, 0.3) is 5.91 Å². The van der Waals surface area contributed by atoms with E-state index in [0.29, 0.717) is 10.6 Å². The minimum atomic E-state index is -1.31. The van der Waals surface area contributed by atoms with E-state index in [1.807, 2.05) is 25.1 Å². The van der Waals surface area contributed by atoms with Crippen molar-refractivity contribution in [3.05, 3.63) is 59.7 Å². The van der Waals surface area contributed by atoms with E-state index in [9.17, 15) is 13.8 Å². The molecule has 2 aromatic carbocycles. The van der Waals surface area contributed by atoms with E-state index in [1.165, 1.54) is 12.3 Å². The summed E-state index contributed by atoms with van der Waals surface area (Å²) in [5.41, 5.74) is 1.92. The van der Waals surface area contributed by atoms with Gasteiger partial charge in [0.1, 0.15) is 0 Å². The Morgan fingerprint density at radius 1 is 1.08 bits per heavy atom. The minimum absolute atomic E-state index is 0.208. The third-order valence-electron chi connectivity index (χ3n) is 3.42. The van der Waals surface area contributed by atoms with Crippen molar-refractivity contribution in [2.45, 2.75) is 18.2 Å². The first-order valence-corrected chi connectivity index (χ1v) is 9.06. The predicted octanol–water partition coefficient (Wildman–Crippen LogP) is 2.78. The van der Waals surface area contributed by atoms with Gasteiger partial charge in [-0.05, 0) is 30.2 Å². The molecule has 6 heteroatoms. The molecule has 0 unspecified atom stereocenters. The third kappa shape index (κ3) is 4.52. The highest BCUT2D eigenvalue weighted by Gasteiger charge is 2.16. The summed E-state index contributed by atoms with van der Waals surface area (Å²) in [5, 5.41) is 2.73. The number of para-hydroxylation sites is 1. The van der Waals surface area contributed by atoms with Gasteiger partial charge in [0.2, 0.25) is 0 Å². The van der Waals surface area contributed by atoms with Gasteiger partial charge >= 0.3 is 5.97 Å². The molecule has 0 aliphatic carbocycles. The zero-order chi connectivity index (χ0) is 17.5. The molecule has 0 fully saturated rings. The van der Waals surface area contributed by atoms with E-state index in [2.05, 4.69) is 5.32 Å². The maximum absolute atomic E-state index is 12.1. The van der Waals surface area contributed by atoms with Crippen LogP contribution >= 0.6 is 0 Å². The van der Waals surface area contributed by atoms with Gasteiger partial charge in [-0.1, -0.05) is 37.3 Å². The quantitative estimate of drug-likeness (QED) is 0.817. The van der Waals surface area contributed by atoms with Crippen LogP contribution in [0.5, 0.6) is 0 Å². The molecule has 1 amide bonds. The molecule has 0 saturated carbocycles. The maximum atomic E-state index is 12.1. The molecule has 2 rings (SSSR count). The Morgan fingerprint density at radius 3 is 2.46 bits per heavy atom. The molecular weight excluding hydrogens is 326 g/mol. The number of rotatable bonds is 6. The summed E-state index contributed by atoms with van der Waals surface area (Å²) in [4.78, 5) is 24.5. The SMILES string of the molecule is CCc1ccccc1NC(=O)COC(=O)c1ccccc1[S@](C)=O. The molecular formula is C18H19NO4S. The summed E-state index contributed by atoms with van der Waals surface area (Å²) in [6, 6.07) is 13.9. The van der Waals surface area contributed by atoms with E-state index >= 15 is 0 Å². The van der Waals surface area contributed by atoms with Crippen LogP contribution in [0.4, 0.5) is 5.69 Å². The Hall–Kier alpha value is -2.47. The predicted molar refractivity (Wildman–Crippen MR) is 93.5 cm³/mol. The molecule has 1 N–H and O–H groups in total. The fourth-order valence-corrected chi connectivity index (χ4v) is 2.96. The Balaban J connectivity index is 1.99. The second-order valence-electron chi connectivity index (χ2n) is 5.09.